The fourth-order valence-corrected chi connectivity index (χ4v) is 8.25. The average molecular weight is 873 g/mol. The van der Waals surface area contributed by atoms with Gasteiger partial charge in [0.15, 0.2) is 0 Å². The molecule has 65 heavy (non-hydrogen) atoms. The van der Waals surface area contributed by atoms with Crippen LogP contribution in [0.4, 0.5) is 15.9 Å². The molecule has 0 spiro atoms. The van der Waals surface area contributed by atoms with Gasteiger partial charge in [0.2, 0.25) is 0 Å². The molecule has 6 heteroatoms. The van der Waals surface area contributed by atoms with Crippen LogP contribution < -0.4 is 16.0 Å². The molecule has 7 rings (SSSR count). The van der Waals surface area contributed by atoms with Crippen LogP contribution in [0.3, 0.4) is 0 Å². The first-order valence-electron chi connectivity index (χ1n) is 23.4. The Morgan fingerprint density at radius 1 is 0.523 bits per heavy atom. The molecule has 0 bridgehead atoms. The van der Waals surface area contributed by atoms with Crippen molar-refractivity contribution in [3.05, 3.63) is 191 Å². The number of aryl methyl sites for hydroxylation is 2. The van der Waals surface area contributed by atoms with Crippen molar-refractivity contribution >= 4 is 33.3 Å². The topological polar surface area (TPSA) is 52.5 Å². The predicted octanol–water partition coefficient (Wildman–Crippen LogP) is 17.2. The summed E-state index contributed by atoms with van der Waals surface area (Å²) in [5.41, 5.74) is 17.1. The van der Waals surface area contributed by atoms with E-state index in [1.54, 1.807) is 6.20 Å². The number of benzene rings is 6. The summed E-state index contributed by atoms with van der Waals surface area (Å²) < 4.78 is 19.2. The molecule has 0 saturated heterocycles. The van der Waals surface area contributed by atoms with E-state index in [-0.39, 0.29) is 5.92 Å². The third kappa shape index (κ3) is 13.2. The van der Waals surface area contributed by atoms with Gasteiger partial charge in [0.1, 0.15) is 11.2 Å². The van der Waals surface area contributed by atoms with E-state index in [0.717, 1.165) is 39.7 Å². The third-order valence-electron chi connectivity index (χ3n) is 11.8. The molecular weight excluding hydrogens is 800 g/mol. The Morgan fingerprint density at radius 3 is 1.63 bits per heavy atom. The van der Waals surface area contributed by atoms with E-state index in [1.807, 2.05) is 30.6 Å². The fourth-order valence-electron chi connectivity index (χ4n) is 8.25. The highest BCUT2D eigenvalue weighted by atomic mass is 19.2. The second-order valence-electron chi connectivity index (χ2n) is 18.5. The van der Waals surface area contributed by atoms with Crippen LogP contribution in [0.5, 0.6) is 0 Å². The van der Waals surface area contributed by atoms with Crippen molar-refractivity contribution in [2.24, 2.45) is 0 Å². The summed E-state index contributed by atoms with van der Waals surface area (Å²) in [6, 6.07) is 42.7. The molecule has 0 radical (unpaired) electrons. The van der Waals surface area contributed by atoms with Crippen LogP contribution in [-0.4, -0.2) is 12.2 Å². The first-order valence-corrected chi connectivity index (χ1v) is 23.4. The molecule has 0 fully saturated rings. The second-order valence-corrected chi connectivity index (χ2v) is 18.5. The van der Waals surface area contributed by atoms with Crippen LogP contribution in [0.1, 0.15) is 143 Å². The number of furan rings is 1. The molecule has 5 nitrogen and oxygen atoms in total. The number of hydrogen-bond donors (Lipinski definition) is 3. The van der Waals surface area contributed by atoms with E-state index in [1.165, 1.54) is 69.0 Å². The zero-order valence-electron chi connectivity index (χ0n) is 41.2. The Labute approximate surface area is 389 Å². The summed E-state index contributed by atoms with van der Waals surface area (Å²) in [7, 11) is 1.35. The molecule has 0 aliphatic carbocycles. The minimum atomic E-state index is 0.265. The van der Waals surface area contributed by atoms with Gasteiger partial charge in [-0.15, -0.1) is 4.48 Å². The maximum atomic E-state index is 13.0. The summed E-state index contributed by atoms with van der Waals surface area (Å²) in [5, 5.41) is 13.1. The first-order chi connectivity index (χ1) is 31.1. The van der Waals surface area contributed by atoms with E-state index in [9.17, 15) is 4.48 Å². The van der Waals surface area contributed by atoms with Gasteiger partial charge in [-0.2, -0.15) is 0 Å². The van der Waals surface area contributed by atoms with Crippen molar-refractivity contribution in [3.8, 4) is 11.1 Å². The van der Waals surface area contributed by atoms with Crippen LogP contribution in [0.25, 0.3) is 33.1 Å². The van der Waals surface area contributed by atoms with Crippen LogP contribution in [-0.2, 0) is 6.54 Å². The van der Waals surface area contributed by atoms with Crippen molar-refractivity contribution in [3.63, 3.8) is 0 Å². The van der Waals surface area contributed by atoms with Crippen LogP contribution in [0.15, 0.2) is 151 Å². The van der Waals surface area contributed by atoms with Crippen LogP contribution in [0, 0.1) is 13.8 Å². The van der Waals surface area contributed by atoms with Gasteiger partial charge >= 0.3 is 0 Å². The second kappa shape index (κ2) is 23.6. The van der Waals surface area contributed by atoms with Crippen LogP contribution >= 0.6 is 0 Å². The van der Waals surface area contributed by atoms with Crippen LogP contribution in [0.2, 0.25) is 0 Å². The number of nitrogens with one attached hydrogen (secondary N) is 3. The lowest BCUT2D eigenvalue weighted by atomic mass is 9.88. The third-order valence-corrected chi connectivity index (χ3v) is 11.8. The molecule has 3 N–H and O–H groups in total. The molecule has 0 atom stereocenters. The Bertz CT molecular complexity index is 2620. The lowest BCUT2D eigenvalue weighted by molar-refractivity contribution is 0.128. The molecule has 0 aliphatic heterocycles. The van der Waals surface area contributed by atoms with Crippen molar-refractivity contribution in [1.29, 1.82) is 0 Å². The lowest BCUT2D eigenvalue weighted by Gasteiger charge is -2.22. The zero-order valence-corrected chi connectivity index (χ0v) is 41.2. The summed E-state index contributed by atoms with van der Waals surface area (Å²) in [5.74, 6) is 2.11. The minimum absolute atomic E-state index is 0.265. The molecular formula is C59H73FN4O. The SMILES string of the molecule is CC(C)c1cc2c(oc3ccccc32)c(C(C)C)c1N/C=C\N(C)F.Cc1ccccc1C(C)C.Cc1ccccc1CN/C=C\Nc1c(C(C)C)cc(-c2ccccc2)cc1C(C)C. The van der Waals surface area contributed by atoms with E-state index in [0.29, 0.717) is 28.8 Å². The lowest BCUT2D eigenvalue weighted by Crippen LogP contribution is -2.08. The summed E-state index contributed by atoms with van der Waals surface area (Å²) in [6.45, 7) is 27.3. The highest BCUT2D eigenvalue weighted by Gasteiger charge is 2.22. The van der Waals surface area contributed by atoms with Gasteiger partial charge in [-0.25, -0.2) is 5.12 Å². The smallest absolute Gasteiger partial charge is 0.140 e. The molecule has 7 aromatic rings. The largest absolute Gasteiger partial charge is 0.456 e. The Balaban J connectivity index is 0.000000204. The molecule has 342 valence electrons. The molecule has 0 amide bonds. The number of nitrogens with zero attached hydrogens (tertiary/aromatic N) is 1. The molecule has 0 aliphatic rings. The number of anilines is 2. The maximum Gasteiger partial charge on any atom is 0.140 e. The van der Waals surface area contributed by atoms with E-state index in [2.05, 4.69) is 202 Å². The van der Waals surface area contributed by atoms with E-state index in [4.69, 9.17) is 4.42 Å². The monoisotopic (exact) mass is 873 g/mol. The standard InChI is InChI=1S/C28H34N2.C21H25FN2O.C10H14/c1-20(2)26-17-25(23-12-7-6-8-13-23)18-27(21(3)4)28(26)30-16-15-29-19-24-14-10-9-11-22(24)5;1-13(2)16-12-17-15-8-6-7-9-18(15)25-21(17)19(14(3)4)20(16)23-10-11-24(5)22;1-8(2)10-7-5-4-6-9(10)3/h6-18,20-21,29-30H,19H2,1-5H3;6-14,23H,1-5H3;4-8H,1-3H3/b16-15-;11-10-;. The zero-order chi connectivity index (χ0) is 47.2. The van der Waals surface area contributed by atoms with Gasteiger partial charge in [-0.05, 0) is 118 Å². The minimum Gasteiger partial charge on any atom is -0.456 e. The number of rotatable bonds is 14. The molecule has 1 heterocycles. The highest BCUT2D eigenvalue weighted by molar-refractivity contribution is 6.08. The van der Waals surface area contributed by atoms with Gasteiger partial charge in [-0.3, -0.25) is 0 Å². The summed E-state index contributed by atoms with van der Waals surface area (Å²) in [4.78, 5) is 0. The Kier molecular flexibility index (Phi) is 18.1. The Morgan fingerprint density at radius 2 is 1.06 bits per heavy atom. The predicted molar refractivity (Wildman–Crippen MR) is 280 cm³/mol. The molecule has 0 unspecified atom stereocenters. The van der Waals surface area contributed by atoms with Gasteiger partial charge < -0.3 is 20.4 Å². The number of halogens is 1. The Hall–Kier alpha value is -6.27. The normalized spacial score (nSPS) is 11.6. The van der Waals surface area contributed by atoms with Crippen molar-refractivity contribution in [2.75, 3.05) is 17.7 Å². The number of para-hydroxylation sites is 1. The van der Waals surface area contributed by atoms with E-state index < -0.39 is 0 Å². The van der Waals surface area contributed by atoms with E-state index >= 15 is 0 Å². The van der Waals surface area contributed by atoms with Gasteiger partial charge in [-0.1, -0.05) is 166 Å². The van der Waals surface area contributed by atoms with Crippen molar-refractivity contribution in [1.82, 2.24) is 10.4 Å². The number of hydrogen-bond acceptors (Lipinski definition) is 5. The van der Waals surface area contributed by atoms with Gasteiger partial charge in [0.25, 0.3) is 0 Å². The van der Waals surface area contributed by atoms with Gasteiger partial charge in [0.05, 0.1) is 0 Å². The first kappa shape index (κ1) is 49.7. The quantitative estimate of drug-likeness (QED) is 0.0951. The van der Waals surface area contributed by atoms with Crippen molar-refractivity contribution < 1.29 is 8.90 Å². The highest BCUT2D eigenvalue weighted by Crippen LogP contribution is 2.43. The average Bonchev–Trinajstić information content (AvgIpc) is 3.65. The summed E-state index contributed by atoms with van der Waals surface area (Å²) in [6.07, 6.45) is 7.01. The maximum absolute atomic E-state index is 13.0. The van der Waals surface area contributed by atoms with Crippen molar-refractivity contribution in [2.45, 2.75) is 119 Å². The molecule has 6 aromatic carbocycles. The molecule has 1 aromatic heterocycles. The molecule has 0 saturated carbocycles. The number of fused-ring (bicyclic) bond motifs is 3. The summed E-state index contributed by atoms with van der Waals surface area (Å²) >= 11 is 0. The fraction of sp³-hybridized carbons (Fsp3) is 0.322. The van der Waals surface area contributed by atoms with Gasteiger partial charge in [0, 0.05) is 66.1 Å².